The van der Waals surface area contributed by atoms with Gasteiger partial charge in [-0.2, -0.15) is 0 Å². The molecule has 0 spiro atoms. The van der Waals surface area contributed by atoms with Crippen LogP contribution in [0.5, 0.6) is 0 Å². The smallest absolute Gasteiger partial charge is 0.411 e. The molecule has 1 heterocycles. The number of nitrogens with zero attached hydrogens (tertiary/aromatic N) is 1. The Labute approximate surface area is 171 Å². The van der Waals surface area contributed by atoms with Crippen LogP contribution in [0.25, 0.3) is 0 Å². The fraction of sp³-hybridized carbons (Fsp3) is 0.417. The van der Waals surface area contributed by atoms with Crippen LogP contribution in [0.1, 0.15) is 55.9 Å². The average Bonchev–Trinajstić information content (AvgIpc) is 3.10. The summed E-state index contributed by atoms with van der Waals surface area (Å²) in [4.78, 5) is 27.5. The van der Waals surface area contributed by atoms with Crippen molar-refractivity contribution >= 4 is 11.9 Å². The monoisotopic (exact) mass is 393 g/mol. The Morgan fingerprint density at radius 2 is 1.66 bits per heavy atom. The lowest BCUT2D eigenvalue weighted by molar-refractivity contribution is -0.173. The van der Waals surface area contributed by atoms with Crippen LogP contribution in [-0.2, 0) is 14.3 Å². The van der Waals surface area contributed by atoms with Crippen molar-refractivity contribution in [3.8, 4) is 0 Å². The standard InChI is InChI=1S/C24H27NO4/c1-3-4-15-24(28-2)19(16-20(24)26)25-21(17-11-7-5-8-12-17)22(29-23(25)27)18-13-9-6-10-14-18/h5-14,19,21-22H,3-4,15-16H2,1-2H3/t19-,21-,22+,24+/m1/s1. The van der Waals surface area contributed by atoms with Crippen molar-refractivity contribution in [2.24, 2.45) is 0 Å². The molecule has 0 N–H and O–H groups in total. The number of carbonyl (C=O) groups is 2. The Morgan fingerprint density at radius 1 is 1.03 bits per heavy atom. The van der Waals surface area contributed by atoms with Gasteiger partial charge in [0, 0.05) is 13.5 Å². The molecule has 4 atom stereocenters. The molecule has 0 unspecified atom stereocenters. The SMILES string of the molecule is CCCC[C@@]1(OC)C(=O)C[C@H]1N1C(=O)O[C@@H](c2ccccc2)[C@H]1c1ccccc1. The number of methoxy groups -OCH3 is 1. The number of ketones is 1. The second kappa shape index (κ2) is 7.99. The van der Waals surface area contributed by atoms with E-state index < -0.39 is 11.7 Å². The second-order valence-corrected chi connectivity index (χ2v) is 7.82. The first kappa shape index (κ1) is 19.6. The van der Waals surface area contributed by atoms with Crippen LogP contribution in [0.3, 0.4) is 0 Å². The molecule has 4 rings (SSSR count). The molecule has 0 aromatic heterocycles. The van der Waals surface area contributed by atoms with Gasteiger partial charge in [-0.3, -0.25) is 9.69 Å². The Morgan fingerprint density at radius 3 is 2.21 bits per heavy atom. The van der Waals surface area contributed by atoms with E-state index in [0.29, 0.717) is 12.8 Å². The molecule has 29 heavy (non-hydrogen) atoms. The zero-order valence-corrected chi connectivity index (χ0v) is 16.9. The van der Waals surface area contributed by atoms with Gasteiger partial charge in [0.05, 0.1) is 6.04 Å². The molecule has 2 aliphatic rings. The van der Waals surface area contributed by atoms with Gasteiger partial charge >= 0.3 is 6.09 Å². The number of benzene rings is 2. The summed E-state index contributed by atoms with van der Waals surface area (Å²) in [6.45, 7) is 2.09. The van der Waals surface area contributed by atoms with Crippen LogP contribution in [0.4, 0.5) is 4.79 Å². The Kier molecular flexibility index (Phi) is 5.41. The maximum atomic E-state index is 13.1. The number of hydrogen-bond donors (Lipinski definition) is 0. The van der Waals surface area contributed by atoms with Crippen LogP contribution in [0.2, 0.25) is 0 Å². The van der Waals surface area contributed by atoms with E-state index in [4.69, 9.17) is 9.47 Å². The summed E-state index contributed by atoms with van der Waals surface area (Å²) in [6.07, 6.45) is 1.94. The van der Waals surface area contributed by atoms with Crippen LogP contribution in [0.15, 0.2) is 60.7 Å². The average molecular weight is 393 g/mol. The number of carbonyl (C=O) groups excluding carboxylic acids is 2. The lowest BCUT2D eigenvalue weighted by Gasteiger charge is -2.51. The highest BCUT2D eigenvalue weighted by molar-refractivity contribution is 5.97. The van der Waals surface area contributed by atoms with E-state index in [2.05, 4.69) is 6.92 Å². The molecular formula is C24H27NO4. The van der Waals surface area contributed by atoms with E-state index in [1.165, 1.54) is 0 Å². The highest BCUT2D eigenvalue weighted by Crippen LogP contribution is 2.50. The molecule has 1 saturated carbocycles. The summed E-state index contributed by atoms with van der Waals surface area (Å²) < 4.78 is 11.7. The van der Waals surface area contributed by atoms with Gasteiger partial charge in [0.1, 0.15) is 11.6 Å². The molecule has 1 saturated heterocycles. The van der Waals surface area contributed by atoms with Crippen molar-refractivity contribution in [3.63, 3.8) is 0 Å². The molecule has 1 amide bonds. The normalized spacial score (nSPS) is 28.9. The zero-order chi connectivity index (χ0) is 20.4. The molecule has 2 fully saturated rings. The lowest BCUT2D eigenvalue weighted by atomic mass is 9.68. The number of Topliss-reactive ketones (excluding diaryl/α,β-unsaturated/α-hetero) is 1. The minimum absolute atomic E-state index is 0.0706. The topological polar surface area (TPSA) is 55.8 Å². The van der Waals surface area contributed by atoms with Crippen LogP contribution >= 0.6 is 0 Å². The zero-order valence-electron chi connectivity index (χ0n) is 16.9. The number of rotatable bonds is 7. The van der Waals surface area contributed by atoms with Crippen molar-refractivity contribution in [3.05, 3.63) is 71.8 Å². The summed E-state index contributed by atoms with van der Waals surface area (Å²) in [6, 6.07) is 19.1. The van der Waals surface area contributed by atoms with Crippen molar-refractivity contribution < 1.29 is 19.1 Å². The van der Waals surface area contributed by atoms with Gasteiger partial charge in [-0.15, -0.1) is 0 Å². The van der Waals surface area contributed by atoms with Gasteiger partial charge in [-0.05, 0) is 17.5 Å². The fourth-order valence-corrected chi connectivity index (χ4v) is 4.68. The maximum absolute atomic E-state index is 13.1. The van der Waals surface area contributed by atoms with Crippen molar-refractivity contribution in [2.45, 2.75) is 56.4 Å². The van der Waals surface area contributed by atoms with Crippen LogP contribution < -0.4 is 0 Å². The molecule has 5 heteroatoms. The van der Waals surface area contributed by atoms with E-state index in [9.17, 15) is 9.59 Å². The largest absolute Gasteiger partial charge is 0.439 e. The maximum Gasteiger partial charge on any atom is 0.411 e. The molecule has 5 nitrogen and oxygen atoms in total. The highest BCUT2D eigenvalue weighted by atomic mass is 16.6. The van der Waals surface area contributed by atoms with Crippen molar-refractivity contribution in [2.75, 3.05) is 7.11 Å². The molecule has 152 valence electrons. The van der Waals surface area contributed by atoms with E-state index in [1.807, 2.05) is 60.7 Å². The first-order valence-electron chi connectivity index (χ1n) is 10.3. The number of amides is 1. The summed E-state index contributed by atoms with van der Waals surface area (Å²) in [5.41, 5.74) is 1.000. The number of unbranched alkanes of at least 4 members (excludes halogenated alkanes) is 1. The lowest BCUT2D eigenvalue weighted by Crippen LogP contribution is -2.68. The quantitative estimate of drug-likeness (QED) is 0.676. The number of cyclic esters (lactones) is 1. The first-order chi connectivity index (χ1) is 14.1. The first-order valence-corrected chi connectivity index (χ1v) is 10.3. The highest BCUT2D eigenvalue weighted by Gasteiger charge is 2.62. The van der Waals surface area contributed by atoms with E-state index in [1.54, 1.807) is 12.0 Å². The summed E-state index contributed by atoms with van der Waals surface area (Å²) in [5, 5.41) is 0. The molecule has 1 aliphatic heterocycles. The molecule has 0 radical (unpaired) electrons. The second-order valence-electron chi connectivity index (χ2n) is 7.82. The van der Waals surface area contributed by atoms with Crippen molar-refractivity contribution in [1.29, 1.82) is 0 Å². The van der Waals surface area contributed by atoms with Gasteiger partial charge in [-0.25, -0.2) is 4.79 Å². The minimum atomic E-state index is -0.937. The Hall–Kier alpha value is -2.66. The predicted octanol–water partition coefficient (Wildman–Crippen LogP) is 4.84. The van der Waals surface area contributed by atoms with Gasteiger partial charge in [0.15, 0.2) is 11.9 Å². The van der Waals surface area contributed by atoms with Crippen LogP contribution in [0, 0.1) is 0 Å². The predicted molar refractivity (Wildman–Crippen MR) is 109 cm³/mol. The van der Waals surface area contributed by atoms with Gasteiger partial charge in [0.2, 0.25) is 0 Å². The fourth-order valence-electron chi connectivity index (χ4n) is 4.68. The molecular weight excluding hydrogens is 366 g/mol. The van der Waals surface area contributed by atoms with Gasteiger partial charge in [0.25, 0.3) is 0 Å². The molecule has 1 aliphatic carbocycles. The number of hydrogen-bond acceptors (Lipinski definition) is 4. The summed E-state index contributed by atoms with van der Waals surface area (Å²) in [5.74, 6) is 0.0706. The van der Waals surface area contributed by atoms with E-state index >= 15 is 0 Å². The molecule has 0 bridgehead atoms. The molecule has 2 aromatic rings. The van der Waals surface area contributed by atoms with Gasteiger partial charge in [-0.1, -0.05) is 80.4 Å². The number of ether oxygens (including phenoxy) is 2. The van der Waals surface area contributed by atoms with Crippen LogP contribution in [-0.4, -0.2) is 35.5 Å². The third-order valence-corrected chi connectivity index (χ3v) is 6.29. The summed E-state index contributed by atoms with van der Waals surface area (Å²) in [7, 11) is 1.58. The third kappa shape index (κ3) is 3.23. The molecule has 2 aromatic carbocycles. The Balaban J connectivity index is 1.75. The van der Waals surface area contributed by atoms with Gasteiger partial charge < -0.3 is 9.47 Å². The minimum Gasteiger partial charge on any atom is -0.439 e. The van der Waals surface area contributed by atoms with Crippen molar-refractivity contribution in [1.82, 2.24) is 4.90 Å². The Bertz CT molecular complexity index is 869. The summed E-state index contributed by atoms with van der Waals surface area (Å²) >= 11 is 0. The third-order valence-electron chi connectivity index (χ3n) is 6.29. The van der Waals surface area contributed by atoms with E-state index in [0.717, 1.165) is 24.0 Å². The van der Waals surface area contributed by atoms with E-state index in [-0.39, 0.29) is 24.0 Å².